The van der Waals surface area contributed by atoms with Gasteiger partial charge in [0, 0.05) is 40.6 Å². The highest BCUT2D eigenvalue weighted by Gasteiger charge is 2.21. The Kier molecular flexibility index (Phi) is 5.29. The second-order valence-corrected chi connectivity index (χ2v) is 7.16. The minimum atomic E-state index is -1.45. The zero-order valence-corrected chi connectivity index (χ0v) is 17.3. The van der Waals surface area contributed by atoms with Crippen LogP contribution in [0.3, 0.4) is 0 Å². The number of fused-ring (bicyclic) bond motifs is 1. The van der Waals surface area contributed by atoms with Gasteiger partial charge >= 0.3 is 0 Å². The van der Waals surface area contributed by atoms with Crippen molar-refractivity contribution in [3.05, 3.63) is 90.3 Å². The van der Waals surface area contributed by atoms with E-state index in [1.54, 1.807) is 55.1 Å². The summed E-state index contributed by atoms with van der Waals surface area (Å²) >= 11 is 0. The SMILES string of the molecule is [B]C([B])(Nc1nccc(-c2nccc(C#Cc3ccc4[nH]ncc4c3)n2)n1)c1ccccn1. The molecule has 0 atom stereocenters. The maximum absolute atomic E-state index is 6.17. The van der Waals surface area contributed by atoms with Crippen LogP contribution in [0.15, 0.2) is 73.3 Å². The summed E-state index contributed by atoms with van der Waals surface area (Å²) in [5, 5.41) is 9.38. The van der Waals surface area contributed by atoms with Gasteiger partial charge in [0.1, 0.15) is 11.4 Å². The maximum atomic E-state index is 6.17. The number of H-pyrrole nitrogens is 1. The van der Waals surface area contributed by atoms with Crippen LogP contribution < -0.4 is 5.32 Å². The van der Waals surface area contributed by atoms with Gasteiger partial charge in [-0.2, -0.15) is 5.10 Å². The number of nitrogens with one attached hydrogen (secondary N) is 2. The molecular formula is C23H14B2N8. The molecule has 0 amide bonds. The van der Waals surface area contributed by atoms with Crippen LogP contribution in [0.1, 0.15) is 17.0 Å². The first-order valence-corrected chi connectivity index (χ1v) is 9.96. The molecule has 152 valence electrons. The van der Waals surface area contributed by atoms with Crippen molar-refractivity contribution in [2.75, 3.05) is 5.32 Å². The minimum Gasteiger partial charge on any atom is -0.360 e. The molecule has 0 aliphatic heterocycles. The van der Waals surface area contributed by atoms with E-state index < -0.39 is 5.34 Å². The van der Waals surface area contributed by atoms with Crippen molar-refractivity contribution in [3.8, 4) is 23.4 Å². The molecule has 8 nitrogen and oxygen atoms in total. The van der Waals surface area contributed by atoms with Gasteiger partial charge in [0.25, 0.3) is 0 Å². The Morgan fingerprint density at radius 3 is 2.67 bits per heavy atom. The van der Waals surface area contributed by atoms with E-state index in [0.29, 0.717) is 22.9 Å². The quantitative estimate of drug-likeness (QED) is 0.337. The van der Waals surface area contributed by atoms with Crippen LogP contribution in [0.5, 0.6) is 0 Å². The second-order valence-electron chi connectivity index (χ2n) is 7.16. The molecule has 0 aliphatic carbocycles. The standard InChI is InChI=1S/C23H14B2N8/c24-23(25,20-3-1-2-10-26-20)32-22-28-12-9-19(31-22)21-27-11-8-17(30-21)6-4-15-5-7-18-16(13-15)14-29-33-18/h1-3,5,7-14H,(H,29,33)(H,28,31,32). The number of pyridine rings is 1. The third kappa shape index (κ3) is 4.57. The van der Waals surface area contributed by atoms with Crippen molar-refractivity contribution in [2.45, 2.75) is 5.34 Å². The Bertz CT molecular complexity index is 1490. The summed E-state index contributed by atoms with van der Waals surface area (Å²) in [4.78, 5) is 21.6. The summed E-state index contributed by atoms with van der Waals surface area (Å²) in [6, 6.07) is 14.5. The smallest absolute Gasteiger partial charge is 0.222 e. The number of nitrogens with zero attached hydrogens (tertiary/aromatic N) is 6. The van der Waals surface area contributed by atoms with Gasteiger partial charge in [0.2, 0.25) is 5.95 Å². The fraction of sp³-hybridized carbons (Fsp3) is 0.0435. The average molecular weight is 424 g/mol. The van der Waals surface area contributed by atoms with Gasteiger partial charge in [-0.1, -0.05) is 12.0 Å². The van der Waals surface area contributed by atoms with Gasteiger partial charge in [0.15, 0.2) is 5.82 Å². The molecule has 0 unspecified atom stereocenters. The summed E-state index contributed by atoms with van der Waals surface area (Å²) in [5.41, 5.74) is 3.31. The summed E-state index contributed by atoms with van der Waals surface area (Å²) < 4.78 is 0. The van der Waals surface area contributed by atoms with Gasteiger partial charge < -0.3 is 5.32 Å². The Labute approximate surface area is 192 Å². The molecule has 5 rings (SSSR count). The number of anilines is 1. The molecule has 2 N–H and O–H groups in total. The van der Waals surface area contributed by atoms with Crippen molar-refractivity contribution < 1.29 is 0 Å². The van der Waals surface area contributed by atoms with E-state index in [0.717, 1.165) is 16.5 Å². The van der Waals surface area contributed by atoms with E-state index in [1.807, 2.05) is 18.2 Å². The highest BCUT2D eigenvalue weighted by atomic mass is 15.1. The highest BCUT2D eigenvalue weighted by molar-refractivity contribution is 6.41. The monoisotopic (exact) mass is 424 g/mol. The zero-order valence-electron chi connectivity index (χ0n) is 17.3. The fourth-order valence-electron chi connectivity index (χ4n) is 3.11. The summed E-state index contributed by atoms with van der Waals surface area (Å²) in [5.74, 6) is 6.80. The summed E-state index contributed by atoms with van der Waals surface area (Å²) in [6.07, 6.45) is 6.57. The third-order valence-corrected chi connectivity index (χ3v) is 4.72. The average Bonchev–Trinajstić information content (AvgIpc) is 3.31. The normalized spacial score (nSPS) is 11.0. The molecule has 5 aromatic rings. The second kappa shape index (κ2) is 8.55. The predicted octanol–water partition coefficient (Wildman–Crippen LogP) is 2.16. The Morgan fingerprint density at radius 1 is 0.879 bits per heavy atom. The van der Waals surface area contributed by atoms with Crippen LogP contribution in [0, 0.1) is 11.8 Å². The van der Waals surface area contributed by atoms with Crippen LogP contribution in [-0.2, 0) is 5.34 Å². The Hall–Kier alpha value is -4.51. The molecule has 33 heavy (non-hydrogen) atoms. The Morgan fingerprint density at radius 2 is 1.79 bits per heavy atom. The molecular weight excluding hydrogens is 410 g/mol. The molecule has 0 saturated carbocycles. The van der Waals surface area contributed by atoms with Gasteiger partial charge in [-0.3, -0.25) is 10.1 Å². The number of hydrogen-bond donors (Lipinski definition) is 2. The number of hydrogen-bond acceptors (Lipinski definition) is 7. The van der Waals surface area contributed by atoms with Crippen molar-refractivity contribution in [2.24, 2.45) is 0 Å². The minimum absolute atomic E-state index is 0.219. The van der Waals surface area contributed by atoms with Crippen LogP contribution in [-0.4, -0.2) is 50.8 Å². The van der Waals surface area contributed by atoms with Crippen LogP contribution in [0.4, 0.5) is 5.95 Å². The molecule has 1 aromatic carbocycles. The first kappa shape index (κ1) is 20.4. The molecule has 0 aliphatic rings. The molecule has 10 heteroatoms. The van der Waals surface area contributed by atoms with Gasteiger partial charge in [0.05, 0.1) is 27.4 Å². The Balaban J connectivity index is 1.39. The number of rotatable bonds is 4. The lowest BCUT2D eigenvalue weighted by molar-refractivity contribution is 0.896. The number of aromatic amines is 1. The van der Waals surface area contributed by atoms with Gasteiger partial charge in [-0.15, -0.1) is 0 Å². The molecule has 4 heterocycles. The van der Waals surface area contributed by atoms with Crippen LogP contribution in [0.25, 0.3) is 22.4 Å². The van der Waals surface area contributed by atoms with Crippen molar-refractivity contribution in [3.63, 3.8) is 0 Å². The first-order valence-electron chi connectivity index (χ1n) is 9.96. The topological polar surface area (TPSA) is 105 Å². The van der Waals surface area contributed by atoms with E-state index in [-0.39, 0.29) is 5.95 Å². The number of aromatic nitrogens is 7. The lowest BCUT2D eigenvalue weighted by Crippen LogP contribution is -2.38. The van der Waals surface area contributed by atoms with Crippen molar-refractivity contribution in [1.82, 2.24) is 35.1 Å². The summed E-state index contributed by atoms with van der Waals surface area (Å²) in [7, 11) is 12.3. The van der Waals surface area contributed by atoms with Crippen molar-refractivity contribution in [1.29, 1.82) is 0 Å². The number of benzene rings is 1. The summed E-state index contributed by atoms with van der Waals surface area (Å²) in [6.45, 7) is 0. The first-order chi connectivity index (χ1) is 16.1. The molecule has 0 spiro atoms. The molecule has 0 fully saturated rings. The van der Waals surface area contributed by atoms with E-state index >= 15 is 0 Å². The van der Waals surface area contributed by atoms with Crippen LogP contribution >= 0.6 is 0 Å². The molecule has 4 radical (unpaired) electrons. The van der Waals surface area contributed by atoms with E-state index in [4.69, 9.17) is 15.7 Å². The molecule has 4 aromatic heterocycles. The van der Waals surface area contributed by atoms with Crippen LogP contribution in [0.2, 0.25) is 0 Å². The highest BCUT2D eigenvalue weighted by Crippen LogP contribution is 2.19. The molecule has 0 bridgehead atoms. The lowest BCUT2D eigenvalue weighted by atomic mass is 9.60. The van der Waals surface area contributed by atoms with Gasteiger partial charge in [-0.05, 0) is 48.4 Å². The van der Waals surface area contributed by atoms with E-state index in [2.05, 4.69) is 52.3 Å². The zero-order chi connectivity index (χ0) is 22.7. The maximum Gasteiger partial charge on any atom is 0.222 e. The third-order valence-electron chi connectivity index (χ3n) is 4.72. The van der Waals surface area contributed by atoms with Gasteiger partial charge in [-0.25, -0.2) is 19.9 Å². The lowest BCUT2D eigenvalue weighted by Gasteiger charge is -2.26. The fourth-order valence-corrected chi connectivity index (χ4v) is 3.11. The van der Waals surface area contributed by atoms with E-state index in [1.165, 1.54) is 0 Å². The predicted molar refractivity (Wildman–Crippen MR) is 126 cm³/mol. The van der Waals surface area contributed by atoms with E-state index in [9.17, 15) is 0 Å². The molecule has 0 saturated heterocycles. The largest absolute Gasteiger partial charge is 0.360 e. The van der Waals surface area contributed by atoms with Crippen molar-refractivity contribution >= 4 is 32.5 Å².